The average molecular weight is 747 g/mol. The highest BCUT2D eigenvalue weighted by atomic mass is 16.7. The summed E-state index contributed by atoms with van der Waals surface area (Å²) in [5.41, 5.74) is -4.22. The zero-order valence-corrected chi connectivity index (χ0v) is 34.0. The molecule has 0 saturated carbocycles. The summed E-state index contributed by atoms with van der Waals surface area (Å²) >= 11 is 0. The SMILES string of the molecule is CCC1OC(=O)C(C)C(OC2CC(C)(OC)C(O)C(C)O2)C(C)C(OC2OC(C)CC(C(C)C)C2O)C(C)(OC)CC(C)C(=O)C(C)C(O)C1(C)O. The number of esters is 1. The fourth-order valence-electron chi connectivity index (χ4n) is 8.80. The van der Waals surface area contributed by atoms with Crippen molar-refractivity contribution in [1.29, 1.82) is 0 Å². The van der Waals surface area contributed by atoms with Crippen LogP contribution in [-0.4, -0.2) is 125 Å². The van der Waals surface area contributed by atoms with Gasteiger partial charge in [0.15, 0.2) is 12.6 Å². The molecule has 0 aromatic rings. The molecule has 0 aromatic heterocycles. The molecule has 304 valence electrons. The van der Waals surface area contributed by atoms with E-state index >= 15 is 0 Å². The van der Waals surface area contributed by atoms with E-state index in [9.17, 15) is 30.0 Å². The second-order valence-corrected chi connectivity index (χ2v) is 17.0. The van der Waals surface area contributed by atoms with Gasteiger partial charge in [0.2, 0.25) is 0 Å². The zero-order chi connectivity index (χ0) is 39.7. The number of aliphatic hydroxyl groups is 4. The van der Waals surface area contributed by atoms with Gasteiger partial charge in [0.25, 0.3) is 0 Å². The Morgan fingerprint density at radius 3 is 1.98 bits per heavy atom. The van der Waals surface area contributed by atoms with E-state index in [1.807, 2.05) is 34.6 Å². The Morgan fingerprint density at radius 1 is 0.846 bits per heavy atom. The van der Waals surface area contributed by atoms with Gasteiger partial charge >= 0.3 is 5.97 Å². The van der Waals surface area contributed by atoms with Crippen LogP contribution in [0.4, 0.5) is 0 Å². The number of Topliss-reactive ketones (excluding diaryl/α,β-unsaturated/α-hetero) is 1. The molecule has 3 aliphatic heterocycles. The molecule has 3 heterocycles. The van der Waals surface area contributed by atoms with Gasteiger partial charge in [-0.05, 0) is 72.6 Å². The minimum atomic E-state index is -1.96. The van der Waals surface area contributed by atoms with Crippen LogP contribution in [0.5, 0.6) is 0 Å². The Labute approximate surface area is 311 Å². The molecule has 13 heteroatoms. The van der Waals surface area contributed by atoms with Crippen LogP contribution in [0.2, 0.25) is 0 Å². The number of hydrogen-bond acceptors (Lipinski definition) is 13. The number of carbonyl (C=O) groups excluding carboxylic acids is 2. The van der Waals surface area contributed by atoms with Crippen LogP contribution in [0.1, 0.15) is 109 Å². The summed E-state index contributed by atoms with van der Waals surface area (Å²) in [5, 5.41) is 45.6. The molecular weight excluding hydrogens is 676 g/mol. The number of carbonyl (C=O) groups is 2. The van der Waals surface area contributed by atoms with Crippen LogP contribution < -0.4 is 0 Å². The third-order valence-corrected chi connectivity index (χ3v) is 12.5. The van der Waals surface area contributed by atoms with E-state index in [1.54, 1.807) is 41.5 Å². The van der Waals surface area contributed by atoms with Crippen LogP contribution in [0.3, 0.4) is 0 Å². The van der Waals surface area contributed by atoms with Crippen molar-refractivity contribution in [3.05, 3.63) is 0 Å². The molecule has 18 unspecified atom stereocenters. The summed E-state index contributed by atoms with van der Waals surface area (Å²) in [6, 6.07) is 0. The molecule has 4 N–H and O–H groups in total. The highest BCUT2D eigenvalue weighted by Gasteiger charge is 2.54. The van der Waals surface area contributed by atoms with Crippen molar-refractivity contribution >= 4 is 11.8 Å². The van der Waals surface area contributed by atoms with E-state index < -0.39 is 102 Å². The number of hydrogen-bond donors (Lipinski definition) is 4. The van der Waals surface area contributed by atoms with Crippen LogP contribution in [0.25, 0.3) is 0 Å². The summed E-state index contributed by atoms with van der Waals surface area (Å²) < 4.78 is 44.0. The van der Waals surface area contributed by atoms with Crippen molar-refractivity contribution < 1.29 is 63.2 Å². The molecule has 0 spiro atoms. The van der Waals surface area contributed by atoms with Gasteiger partial charge < -0.3 is 53.6 Å². The topological polar surface area (TPSA) is 180 Å². The molecule has 3 saturated heterocycles. The predicted octanol–water partition coefficient (Wildman–Crippen LogP) is 3.78. The Balaban J connectivity index is 2.22. The zero-order valence-electron chi connectivity index (χ0n) is 34.0. The maximum Gasteiger partial charge on any atom is 0.311 e. The van der Waals surface area contributed by atoms with Crippen molar-refractivity contribution in [3.8, 4) is 0 Å². The highest BCUT2D eigenvalue weighted by Crippen LogP contribution is 2.42. The van der Waals surface area contributed by atoms with Crippen molar-refractivity contribution in [3.63, 3.8) is 0 Å². The second-order valence-electron chi connectivity index (χ2n) is 17.0. The van der Waals surface area contributed by atoms with Gasteiger partial charge in [0.1, 0.15) is 29.7 Å². The fraction of sp³-hybridized carbons (Fsp3) is 0.949. The highest BCUT2D eigenvalue weighted by molar-refractivity contribution is 5.83. The first-order valence-corrected chi connectivity index (χ1v) is 19.2. The molecule has 0 bridgehead atoms. The van der Waals surface area contributed by atoms with Gasteiger partial charge in [-0.1, -0.05) is 41.5 Å². The van der Waals surface area contributed by atoms with Crippen molar-refractivity contribution in [2.45, 2.75) is 187 Å². The summed E-state index contributed by atoms with van der Waals surface area (Å²) in [4.78, 5) is 28.2. The Morgan fingerprint density at radius 2 is 1.44 bits per heavy atom. The van der Waals surface area contributed by atoms with Gasteiger partial charge in [-0.15, -0.1) is 0 Å². The van der Waals surface area contributed by atoms with Gasteiger partial charge in [-0.3, -0.25) is 9.59 Å². The molecule has 0 amide bonds. The fourth-order valence-corrected chi connectivity index (χ4v) is 8.80. The minimum Gasteiger partial charge on any atom is -0.459 e. The van der Waals surface area contributed by atoms with Crippen LogP contribution in [0, 0.1) is 35.5 Å². The maximum atomic E-state index is 14.2. The number of methoxy groups -OCH3 is 2. The lowest BCUT2D eigenvalue weighted by molar-refractivity contribution is -0.321. The largest absolute Gasteiger partial charge is 0.459 e. The smallest absolute Gasteiger partial charge is 0.311 e. The summed E-state index contributed by atoms with van der Waals surface area (Å²) in [7, 11) is 3.02. The van der Waals surface area contributed by atoms with E-state index in [4.69, 9.17) is 33.2 Å². The van der Waals surface area contributed by atoms with Crippen LogP contribution >= 0.6 is 0 Å². The van der Waals surface area contributed by atoms with E-state index in [0.29, 0.717) is 6.42 Å². The van der Waals surface area contributed by atoms with Crippen LogP contribution in [0.15, 0.2) is 0 Å². The van der Waals surface area contributed by atoms with E-state index in [0.717, 1.165) is 0 Å². The van der Waals surface area contributed by atoms with Crippen molar-refractivity contribution in [2.24, 2.45) is 35.5 Å². The molecule has 18 atom stereocenters. The maximum absolute atomic E-state index is 14.2. The van der Waals surface area contributed by atoms with Crippen molar-refractivity contribution in [2.75, 3.05) is 14.2 Å². The molecule has 13 nitrogen and oxygen atoms in total. The number of ether oxygens (including phenoxy) is 7. The Bertz CT molecular complexity index is 1180. The number of ketones is 1. The molecular formula is C39H70O13. The lowest BCUT2D eigenvalue weighted by Crippen LogP contribution is -2.60. The summed E-state index contributed by atoms with van der Waals surface area (Å²) in [6.45, 7) is 21.2. The molecule has 0 aliphatic carbocycles. The number of aliphatic hydroxyl groups excluding tert-OH is 3. The molecule has 52 heavy (non-hydrogen) atoms. The summed E-state index contributed by atoms with van der Waals surface area (Å²) in [5.74, 6) is -4.40. The monoisotopic (exact) mass is 746 g/mol. The molecule has 3 fully saturated rings. The predicted molar refractivity (Wildman–Crippen MR) is 192 cm³/mol. The minimum absolute atomic E-state index is 0.116. The van der Waals surface area contributed by atoms with Gasteiger partial charge in [-0.25, -0.2) is 0 Å². The first-order valence-electron chi connectivity index (χ1n) is 19.2. The van der Waals surface area contributed by atoms with E-state index in [2.05, 4.69) is 0 Å². The van der Waals surface area contributed by atoms with Crippen molar-refractivity contribution in [1.82, 2.24) is 0 Å². The van der Waals surface area contributed by atoms with E-state index in [-0.39, 0.29) is 43.0 Å². The number of cyclic esters (lactones) is 1. The lowest BCUT2D eigenvalue weighted by atomic mass is 9.73. The quantitative estimate of drug-likeness (QED) is 0.264. The Hall–Kier alpha value is -1.26. The van der Waals surface area contributed by atoms with E-state index in [1.165, 1.54) is 21.1 Å². The van der Waals surface area contributed by atoms with Gasteiger partial charge in [-0.2, -0.15) is 0 Å². The summed E-state index contributed by atoms with van der Waals surface area (Å²) in [6.07, 6.45) is -8.43. The molecule has 3 aliphatic rings. The third-order valence-electron chi connectivity index (χ3n) is 12.5. The van der Waals surface area contributed by atoms with Gasteiger partial charge in [0, 0.05) is 38.4 Å². The average Bonchev–Trinajstić information content (AvgIpc) is 3.09. The number of rotatable bonds is 8. The molecule has 0 radical (unpaired) electrons. The Kier molecular flexibility index (Phi) is 15.3. The normalized spacial score (nSPS) is 49.0. The first kappa shape index (κ1) is 45.1. The molecule has 3 rings (SSSR count). The van der Waals surface area contributed by atoms with Gasteiger partial charge in [0.05, 0.1) is 47.6 Å². The third kappa shape index (κ3) is 9.39. The second kappa shape index (κ2) is 17.7. The standard InChI is InChI=1S/C39H70O13/c1-15-27-39(12,45)32(42)22(6)29(40)20(4)17-38(11,47-14)34(52-36-30(41)26(19(2)3)16-21(5)48-36)23(7)31(24(8)35(44)50-27)51-28-18-37(10,46-13)33(43)25(9)49-28/h19-28,30-34,36,41-43,45H,15-18H2,1-14H3. The lowest BCUT2D eigenvalue weighted by Gasteiger charge is -2.49. The van der Waals surface area contributed by atoms with Crippen LogP contribution in [-0.2, 0) is 42.7 Å². The first-order chi connectivity index (χ1) is 24.0. The molecule has 0 aromatic carbocycles.